The summed E-state index contributed by atoms with van der Waals surface area (Å²) in [4.78, 5) is 22.6. The largest absolute Gasteiger partial charge is 0.477 e. The summed E-state index contributed by atoms with van der Waals surface area (Å²) in [5.41, 5.74) is 4.82. The highest BCUT2D eigenvalue weighted by Crippen LogP contribution is 2.19. The van der Waals surface area contributed by atoms with Gasteiger partial charge in [0.2, 0.25) is 0 Å². The molecule has 0 aliphatic heterocycles. The number of nitrogens with two attached hydrogens (primary N) is 1. The number of rotatable bonds is 4. The Morgan fingerprint density at radius 1 is 1.52 bits per heavy atom. The SMILES string of the molecule is CC(C)(C)OC(=O)NCCn1cc(C#N)c(N)c1C(=O)O. The second-order valence-electron chi connectivity index (χ2n) is 5.34. The van der Waals surface area contributed by atoms with E-state index >= 15 is 0 Å². The summed E-state index contributed by atoms with van der Waals surface area (Å²) in [5, 5.41) is 20.4. The van der Waals surface area contributed by atoms with Crippen LogP contribution in [0.2, 0.25) is 0 Å². The van der Waals surface area contributed by atoms with E-state index < -0.39 is 17.7 Å². The summed E-state index contributed by atoms with van der Waals surface area (Å²) < 4.78 is 6.36. The van der Waals surface area contributed by atoms with Gasteiger partial charge in [0.1, 0.15) is 11.7 Å². The Labute approximate surface area is 122 Å². The van der Waals surface area contributed by atoms with Crippen LogP contribution in [0.4, 0.5) is 10.5 Å². The van der Waals surface area contributed by atoms with Crippen LogP contribution in [0.5, 0.6) is 0 Å². The van der Waals surface area contributed by atoms with E-state index in [2.05, 4.69) is 5.32 Å². The van der Waals surface area contributed by atoms with E-state index in [0.29, 0.717) is 0 Å². The third kappa shape index (κ3) is 4.42. The molecule has 8 heteroatoms. The summed E-state index contributed by atoms with van der Waals surface area (Å²) in [6, 6.07) is 1.82. The number of alkyl carbamates (subject to hydrolysis) is 1. The van der Waals surface area contributed by atoms with E-state index in [1.807, 2.05) is 6.07 Å². The molecule has 0 aliphatic rings. The van der Waals surface area contributed by atoms with Crippen molar-refractivity contribution >= 4 is 17.7 Å². The molecule has 1 rings (SSSR count). The molecule has 0 spiro atoms. The number of nitrogens with zero attached hydrogens (tertiary/aromatic N) is 2. The maximum absolute atomic E-state index is 11.5. The number of nitrogens with one attached hydrogen (secondary N) is 1. The van der Waals surface area contributed by atoms with Crippen molar-refractivity contribution in [3.05, 3.63) is 17.5 Å². The Bertz CT molecular complexity index is 593. The molecule has 1 aromatic heterocycles. The van der Waals surface area contributed by atoms with Gasteiger partial charge in [-0.3, -0.25) is 0 Å². The van der Waals surface area contributed by atoms with E-state index in [4.69, 9.17) is 20.8 Å². The highest BCUT2D eigenvalue weighted by Gasteiger charge is 2.20. The lowest BCUT2D eigenvalue weighted by Crippen LogP contribution is -2.34. The lowest BCUT2D eigenvalue weighted by molar-refractivity contribution is 0.0526. The second-order valence-corrected chi connectivity index (χ2v) is 5.34. The number of carbonyl (C=O) groups excluding carboxylic acids is 1. The monoisotopic (exact) mass is 294 g/mol. The first-order valence-electron chi connectivity index (χ1n) is 6.24. The molecule has 1 aromatic rings. The van der Waals surface area contributed by atoms with Crippen molar-refractivity contribution < 1.29 is 19.4 Å². The number of hydrogen-bond donors (Lipinski definition) is 3. The van der Waals surface area contributed by atoms with Crippen molar-refractivity contribution in [3.63, 3.8) is 0 Å². The van der Waals surface area contributed by atoms with Crippen LogP contribution in [0.1, 0.15) is 36.8 Å². The smallest absolute Gasteiger partial charge is 0.407 e. The maximum Gasteiger partial charge on any atom is 0.407 e. The average molecular weight is 294 g/mol. The van der Waals surface area contributed by atoms with Crippen molar-refractivity contribution in [2.45, 2.75) is 32.9 Å². The molecule has 21 heavy (non-hydrogen) atoms. The summed E-state index contributed by atoms with van der Waals surface area (Å²) in [5.74, 6) is -1.23. The first-order valence-corrected chi connectivity index (χ1v) is 6.24. The van der Waals surface area contributed by atoms with Crippen molar-refractivity contribution in [3.8, 4) is 6.07 Å². The molecule has 0 fully saturated rings. The Hall–Kier alpha value is -2.69. The summed E-state index contributed by atoms with van der Waals surface area (Å²) in [7, 11) is 0. The minimum atomic E-state index is -1.23. The van der Waals surface area contributed by atoms with Crippen molar-refractivity contribution in [1.82, 2.24) is 9.88 Å². The molecule has 0 aliphatic carbocycles. The Kier molecular flexibility index (Phi) is 4.81. The normalized spacial score (nSPS) is 10.8. The number of aromatic nitrogens is 1. The number of nitriles is 1. The molecule has 1 amide bonds. The van der Waals surface area contributed by atoms with E-state index in [-0.39, 0.29) is 30.0 Å². The van der Waals surface area contributed by atoms with Crippen LogP contribution in [0.3, 0.4) is 0 Å². The van der Waals surface area contributed by atoms with Crippen LogP contribution in [-0.2, 0) is 11.3 Å². The average Bonchev–Trinajstić information content (AvgIpc) is 2.63. The van der Waals surface area contributed by atoms with Crippen molar-refractivity contribution in [2.75, 3.05) is 12.3 Å². The number of carbonyl (C=O) groups is 2. The summed E-state index contributed by atoms with van der Waals surface area (Å²) >= 11 is 0. The molecule has 0 radical (unpaired) electrons. The molecule has 4 N–H and O–H groups in total. The minimum absolute atomic E-state index is 0.0812. The van der Waals surface area contributed by atoms with Crippen molar-refractivity contribution in [1.29, 1.82) is 5.26 Å². The molecule has 0 bridgehead atoms. The number of carboxylic acids is 1. The zero-order valence-corrected chi connectivity index (χ0v) is 12.1. The fraction of sp³-hybridized carbons (Fsp3) is 0.462. The van der Waals surface area contributed by atoms with Gasteiger partial charge >= 0.3 is 12.1 Å². The highest BCUT2D eigenvalue weighted by atomic mass is 16.6. The minimum Gasteiger partial charge on any atom is -0.477 e. The standard InChI is InChI=1S/C13H18N4O4/c1-13(2,3)21-12(20)16-4-5-17-7-8(6-14)9(15)10(17)11(18)19/h7H,4-5,15H2,1-3H3,(H,16,20)(H,18,19). The van der Waals surface area contributed by atoms with Gasteiger partial charge in [0.05, 0.1) is 11.3 Å². The van der Waals surface area contributed by atoms with Crippen LogP contribution >= 0.6 is 0 Å². The summed E-state index contributed by atoms with van der Waals surface area (Å²) in [6.45, 7) is 5.52. The van der Waals surface area contributed by atoms with Gasteiger partial charge in [0.25, 0.3) is 0 Å². The number of nitrogen functional groups attached to an aromatic ring is 1. The molecule has 0 unspecified atom stereocenters. The van der Waals surface area contributed by atoms with Gasteiger partial charge in [-0.2, -0.15) is 5.26 Å². The predicted octanol–water partition coefficient (Wildman–Crippen LogP) is 1.16. The van der Waals surface area contributed by atoms with E-state index in [1.165, 1.54) is 10.8 Å². The van der Waals surface area contributed by atoms with Crippen LogP contribution in [-0.4, -0.2) is 33.9 Å². The first kappa shape index (κ1) is 16.4. The zero-order valence-electron chi connectivity index (χ0n) is 12.1. The van der Waals surface area contributed by atoms with E-state index in [9.17, 15) is 9.59 Å². The Balaban J connectivity index is 2.71. The van der Waals surface area contributed by atoms with E-state index in [1.54, 1.807) is 20.8 Å². The molecule has 1 heterocycles. The molecule has 0 aromatic carbocycles. The molecule has 114 valence electrons. The predicted molar refractivity (Wildman–Crippen MR) is 74.8 cm³/mol. The van der Waals surface area contributed by atoms with Gasteiger partial charge in [0, 0.05) is 19.3 Å². The quantitative estimate of drug-likeness (QED) is 0.764. The highest BCUT2D eigenvalue weighted by molar-refractivity contribution is 5.93. The number of anilines is 1. The molecule has 0 saturated carbocycles. The molecule has 0 atom stereocenters. The topological polar surface area (TPSA) is 130 Å². The van der Waals surface area contributed by atoms with Gasteiger partial charge in [-0.1, -0.05) is 0 Å². The molecule has 0 saturated heterocycles. The lowest BCUT2D eigenvalue weighted by Gasteiger charge is -2.19. The fourth-order valence-corrected chi connectivity index (χ4v) is 1.67. The second kappa shape index (κ2) is 6.17. The Morgan fingerprint density at radius 3 is 2.62 bits per heavy atom. The zero-order chi connectivity index (χ0) is 16.2. The number of aromatic carboxylic acids is 1. The Morgan fingerprint density at radius 2 is 2.14 bits per heavy atom. The maximum atomic E-state index is 11.5. The van der Waals surface area contributed by atoms with Gasteiger partial charge in [0.15, 0.2) is 5.69 Å². The van der Waals surface area contributed by atoms with Crippen LogP contribution < -0.4 is 11.1 Å². The number of ether oxygens (including phenoxy) is 1. The van der Waals surface area contributed by atoms with Crippen molar-refractivity contribution in [2.24, 2.45) is 0 Å². The number of carboxylic acid groups (broad SMARTS) is 1. The molecular formula is C13H18N4O4. The van der Waals surface area contributed by atoms with Gasteiger partial charge in [-0.25, -0.2) is 9.59 Å². The van der Waals surface area contributed by atoms with Gasteiger partial charge in [-0.05, 0) is 20.8 Å². The lowest BCUT2D eigenvalue weighted by atomic mass is 10.2. The van der Waals surface area contributed by atoms with Gasteiger partial charge < -0.3 is 25.5 Å². The number of amides is 1. The van der Waals surface area contributed by atoms with Crippen LogP contribution in [0, 0.1) is 11.3 Å². The van der Waals surface area contributed by atoms with E-state index in [0.717, 1.165) is 0 Å². The summed E-state index contributed by atoms with van der Waals surface area (Å²) in [6.07, 6.45) is 0.746. The van der Waals surface area contributed by atoms with Crippen LogP contribution in [0.15, 0.2) is 6.20 Å². The molecular weight excluding hydrogens is 276 g/mol. The third-order valence-corrected chi connectivity index (χ3v) is 2.46. The third-order valence-electron chi connectivity index (χ3n) is 2.46. The molecule has 8 nitrogen and oxygen atoms in total. The number of hydrogen-bond acceptors (Lipinski definition) is 5. The fourth-order valence-electron chi connectivity index (χ4n) is 1.67. The van der Waals surface area contributed by atoms with Gasteiger partial charge in [-0.15, -0.1) is 0 Å². The first-order chi connectivity index (χ1) is 9.65. The van der Waals surface area contributed by atoms with Crippen LogP contribution in [0.25, 0.3) is 0 Å².